The number of carbonyl (C=O) groups excluding carboxylic acids is 1. The van der Waals surface area contributed by atoms with E-state index in [1.165, 1.54) is 17.8 Å². The second-order valence-electron chi connectivity index (χ2n) is 4.07. The first kappa shape index (κ1) is 12.9. The summed E-state index contributed by atoms with van der Waals surface area (Å²) in [7, 11) is 0. The fourth-order valence-electron chi connectivity index (χ4n) is 1.50. The van der Waals surface area contributed by atoms with Crippen molar-refractivity contribution in [2.75, 3.05) is 12.3 Å². The number of hydrogen-bond acceptors (Lipinski definition) is 4. The molecule has 1 saturated carbocycles. The Morgan fingerprint density at radius 1 is 1.67 bits per heavy atom. The Labute approximate surface area is 109 Å². The summed E-state index contributed by atoms with van der Waals surface area (Å²) in [6.07, 6.45) is 5.61. The average molecular weight is 265 g/mol. The van der Waals surface area contributed by atoms with Gasteiger partial charge < -0.3 is 9.88 Å². The van der Waals surface area contributed by atoms with Gasteiger partial charge in [-0.1, -0.05) is 17.8 Å². The number of rotatable bonds is 6. The van der Waals surface area contributed by atoms with E-state index in [1.54, 1.807) is 12.3 Å². The van der Waals surface area contributed by atoms with E-state index in [4.69, 9.17) is 0 Å². The van der Waals surface area contributed by atoms with Gasteiger partial charge in [0.25, 0.3) is 5.56 Å². The molecule has 0 atom stereocenters. The Bertz CT molecular complexity index is 508. The molecule has 1 N–H and O–H groups in total. The molecule has 0 bridgehead atoms. The summed E-state index contributed by atoms with van der Waals surface area (Å²) in [6.45, 7) is 3.98. The molecule has 1 amide bonds. The van der Waals surface area contributed by atoms with Crippen molar-refractivity contribution < 1.29 is 4.79 Å². The van der Waals surface area contributed by atoms with Crippen molar-refractivity contribution in [3.8, 4) is 0 Å². The van der Waals surface area contributed by atoms with Crippen LogP contribution in [0.4, 0.5) is 0 Å². The van der Waals surface area contributed by atoms with Crippen LogP contribution in [0.3, 0.4) is 0 Å². The van der Waals surface area contributed by atoms with Crippen molar-refractivity contribution in [1.29, 1.82) is 0 Å². The van der Waals surface area contributed by atoms with Crippen molar-refractivity contribution in [3.63, 3.8) is 0 Å². The largest absolute Gasteiger partial charge is 0.352 e. The van der Waals surface area contributed by atoms with Crippen LogP contribution in [0.1, 0.15) is 18.9 Å². The van der Waals surface area contributed by atoms with E-state index in [2.05, 4.69) is 16.9 Å². The first-order chi connectivity index (χ1) is 8.70. The molecule has 1 aliphatic carbocycles. The summed E-state index contributed by atoms with van der Waals surface area (Å²) in [4.78, 5) is 26.7. The lowest BCUT2D eigenvalue weighted by Crippen LogP contribution is -2.25. The molecule has 1 aromatic heterocycles. The molecule has 0 saturated heterocycles. The normalized spacial score (nSPS) is 14.2. The standard InChI is InChI=1S/C12H15N3O2S/c1-2-6-13-11(17)8-18-12-14-10(16)5-7-15(12)9-3-4-9/h2,5,7,9H,1,3-4,6,8H2,(H,13,17). The molecule has 2 rings (SSSR count). The van der Waals surface area contributed by atoms with E-state index in [1.807, 2.05) is 4.57 Å². The van der Waals surface area contributed by atoms with Gasteiger partial charge in [0.2, 0.25) is 5.91 Å². The molecule has 0 aromatic carbocycles. The molecule has 1 fully saturated rings. The van der Waals surface area contributed by atoms with Crippen molar-refractivity contribution >= 4 is 17.7 Å². The van der Waals surface area contributed by atoms with E-state index >= 15 is 0 Å². The minimum absolute atomic E-state index is 0.0830. The van der Waals surface area contributed by atoms with Gasteiger partial charge in [-0.2, -0.15) is 4.98 Å². The molecule has 1 aromatic rings. The first-order valence-electron chi connectivity index (χ1n) is 5.80. The predicted molar refractivity (Wildman–Crippen MR) is 70.7 cm³/mol. The summed E-state index contributed by atoms with van der Waals surface area (Å²) in [5.41, 5.74) is -0.263. The van der Waals surface area contributed by atoms with Crippen molar-refractivity contribution in [3.05, 3.63) is 35.3 Å². The first-order valence-corrected chi connectivity index (χ1v) is 6.79. The molecule has 1 heterocycles. The Morgan fingerprint density at radius 2 is 2.44 bits per heavy atom. The molecule has 0 spiro atoms. The Kier molecular flexibility index (Phi) is 4.19. The van der Waals surface area contributed by atoms with E-state index in [0.717, 1.165) is 12.8 Å². The highest BCUT2D eigenvalue weighted by molar-refractivity contribution is 7.99. The van der Waals surface area contributed by atoms with Crippen molar-refractivity contribution in [2.45, 2.75) is 24.0 Å². The molecule has 18 heavy (non-hydrogen) atoms. The third-order valence-corrected chi connectivity index (χ3v) is 3.49. The van der Waals surface area contributed by atoms with Crippen LogP contribution in [0.25, 0.3) is 0 Å². The minimum Gasteiger partial charge on any atom is -0.352 e. The van der Waals surface area contributed by atoms with E-state index < -0.39 is 0 Å². The van der Waals surface area contributed by atoms with Crippen LogP contribution < -0.4 is 10.9 Å². The van der Waals surface area contributed by atoms with E-state index in [9.17, 15) is 9.59 Å². The van der Waals surface area contributed by atoms with Gasteiger partial charge in [0.1, 0.15) is 0 Å². The number of nitrogens with zero attached hydrogens (tertiary/aromatic N) is 2. The van der Waals surface area contributed by atoms with Crippen LogP contribution >= 0.6 is 11.8 Å². The van der Waals surface area contributed by atoms with Gasteiger partial charge in [0.15, 0.2) is 5.16 Å². The minimum atomic E-state index is -0.263. The van der Waals surface area contributed by atoms with Crippen LogP contribution in [0.5, 0.6) is 0 Å². The fourth-order valence-corrected chi connectivity index (χ4v) is 2.38. The monoisotopic (exact) mass is 265 g/mol. The maximum atomic E-state index is 11.5. The van der Waals surface area contributed by atoms with E-state index in [0.29, 0.717) is 17.7 Å². The summed E-state index contributed by atoms with van der Waals surface area (Å²) < 4.78 is 1.98. The van der Waals surface area contributed by atoms with Crippen LogP contribution in [0.15, 0.2) is 34.9 Å². The second-order valence-corrected chi connectivity index (χ2v) is 5.01. The van der Waals surface area contributed by atoms with Gasteiger partial charge in [0, 0.05) is 24.8 Å². The zero-order valence-corrected chi connectivity index (χ0v) is 10.8. The Balaban J connectivity index is 1.99. The Morgan fingerprint density at radius 3 is 3.11 bits per heavy atom. The predicted octanol–water partition coefficient (Wildman–Crippen LogP) is 0.972. The highest BCUT2D eigenvalue weighted by Crippen LogP contribution is 2.36. The summed E-state index contributed by atoms with van der Waals surface area (Å²) >= 11 is 1.29. The summed E-state index contributed by atoms with van der Waals surface area (Å²) in [5.74, 6) is 0.178. The van der Waals surface area contributed by atoms with E-state index in [-0.39, 0.29) is 17.2 Å². The highest BCUT2D eigenvalue weighted by atomic mass is 32.2. The number of aromatic nitrogens is 2. The molecule has 6 heteroatoms. The number of hydrogen-bond donors (Lipinski definition) is 1. The lowest BCUT2D eigenvalue weighted by atomic mass is 10.6. The number of thioether (sulfide) groups is 1. The maximum Gasteiger partial charge on any atom is 0.273 e. The van der Waals surface area contributed by atoms with Crippen LogP contribution in [0, 0.1) is 0 Å². The van der Waals surface area contributed by atoms with Crippen LogP contribution in [0.2, 0.25) is 0 Å². The van der Waals surface area contributed by atoms with Crippen LogP contribution in [-0.2, 0) is 4.79 Å². The molecular weight excluding hydrogens is 250 g/mol. The smallest absolute Gasteiger partial charge is 0.273 e. The molecular formula is C12H15N3O2S. The number of carbonyl (C=O) groups is 1. The quantitative estimate of drug-likeness (QED) is 0.473. The van der Waals surface area contributed by atoms with Gasteiger partial charge in [-0.25, -0.2) is 0 Å². The highest BCUT2D eigenvalue weighted by Gasteiger charge is 2.25. The average Bonchev–Trinajstić information content (AvgIpc) is 3.18. The SMILES string of the molecule is C=CCNC(=O)CSc1nc(=O)ccn1C1CC1. The third-order valence-electron chi connectivity index (χ3n) is 2.52. The zero-order chi connectivity index (χ0) is 13.0. The number of nitrogens with one attached hydrogen (secondary N) is 1. The zero-order valence-electron chi connectivity index (χ0n) is 9.96. The molecule has 0 unspecified atom stereocenters. The van der Waals surface area contributed by atoms with Gasteiger partial charge in [-0.3, -0.25) is 9.59 Å². The van der Waals surface area contributed by atoms with Crippen LogP contribution in [-0.4, -0.2) is 27.8 Å². The lowest BCUT2D eigenvalue weighted by Gasteiger charge is -2.09. The lowest BCUT2D eigenvalue weighted by molar-refractivity contribution is -0.118. The topological polar surface area (TPSA) is 64.0 Å². The van der Waals surface area contributed by atoms with Gasteiger partial charge in [-0.05, 0) is 12.8 Å². The molecule has 0 radical (unpaired) electrons. The molecule has 96 valence electrons. The van der Waals surface area contributed by atoms with Gasteiger partial charge >= 0.3 is 0 Å². The fraction of sp³-hybridized carbons (Fsp3) is 0.417. The van der Waals surface area contributed by atoms with Crippen molar-refractivity contribution in [2.24, 2.45) is 0 Å². The summed E-state index contributed by atoms with van der Waals surface area (Å²) in [5, 5.41) is 3.31. The maximum absolute atomic E-state index is 11.5. The molecule has 1 aliphatic rings. The second kappa shape index (κ2) is 5.86. The Hall–Kier alpha value is -1.56. The van der Waals surface area contributed by atoms with Crippen molar-refractivity contribution in [1.82, 2.24) is 14.9 Å². The van der Waals surface area contributed by atoms with Gasteiger partial charge in [-0.15, -0.1) is 6.58 Å². The third kappa shape index (κ3) is 3.46. The summed E-state index contributed by atoms with van der Waals surface area (Å²) in [6, 6.07) is 1.90. The molecule has 5 nitrogen and oxygen atoms in total. The van der Waals surface area contributed by atoms with Gasteiger partial charge in [0.05, 0.1) is 5.75 Å². The molecule has 0 aliphatic heterocycles. The number of amides is 1.